The van der Waals surface area contributed by atoms with E-state index < -0.39 is 0 Å². The van der Waals surface area contributed by atoms with E-state index in [0.29, 0.717) is 5.56 Å². The molecule has 0 bridgehead atoms. The fraction of sp³-hybridized carbons (Fsp3) is 0.350. The van der Waals surface area contributed by atoms with Crippen LogP contribution < -0.4 is 0 Å². The van der Waals surface area contributed by atoms with Gasteiger partial charge >= 0.3 is 0 Å². The number of hydrogen-bond donors (Lipinski definition) is 0. The number of nitriles is 1. The summed E-state index contributed by atoms with van der Waals surface area (Å²) < 4.78 is 12.9. The maximum absolute atomic E-state index is 12.9. The lowest BCUT2D eigenvalue weighted by Crippen LogP contribution is -2.46. The van der Waals surface area contributed by atoms with E-state index in [4.69, 9.17) is 5.26 Å². The van der Waals surface area contributed by atoms with Gasteiger partial charge in [-0.15, -0.1) is 11.8 Å². The molecule has 1 heterocycles. The van der Waals surface area contributed by atoms with Crippen molar-refractivity contribution >= 4 is 11.8 Å². The maximum Gasteiger partial charge on any atom is 0.123 e. The van der Waals surface area contributed by atoms with E-state index in [1.165, 1.54) is 17.7 Å². The number of halogens is 1. The molecule has 0 unspecified atom stereocenters. The van der Waals surface area contributed by atoms with Crippen LogP contribution in [-0.4, -0.2) is 48.3 Å². The van der Waals surface area contributed by atoms with E-state index in [9.17, 15) is 4.39 Å². The average Bonchev–Trinajstić information content (AvgIpc) is 2.65. The van der Waals surface area contributed by atoms with Crippen LogP contribution in [0.4, 0.5) is 4.39 Å². The molecule has 3 rings (SSSR count). The van der Waals surface area contributed by atoms with Crippen molar-refractivity contribution in [3.8, 4) is 6.07 Å². The highest BCUT2D eigenvalue weighted by Crippen LogP contribution is 2.18. The summed E-state index contributed by atoms with van der Waals surface area (Å²) in [6, 6.07) is 16.7. The van der Waals surface area contributed by atoms with E-state index in [0.717, 1.165) is 49.9 Å². The Labute approximate surface area is 153 Å². The van der Waals surface area contributed by atoms with Gasteiger partial charge in [0.05, 0.1) is 11.6 Å². The zero-order valence-electron chi connectivity index (χ0n) is 14.2. The molecule has 1 fully saturated rings. The predicted octanol–water partition coefficient (Wildman–Crippen LogP) is 3.61. The van der Waals surface area contributed by atoms with E-state index in [1.54, 1.807) is 11.8 Å². The fourth-order valence-corrected chi connectivity index (χ4v) is 3.85. The van der Waals surface area contributed by atoms with Crippen LogP contribution in [-0.2, 0) is 6.54 Å². The number of piperazine rings is 1. The summed E-state index contributed by atoms with van der Waals surface area (Å²) in [5.74, 6) is 0.851. The van der Waals surface area contributed by atoms with Crippen LogP contribution in [0.15, 0.2) is 53.4 Å². The highest BCUT2D eigenvalue weighted by Gasteiger charge is 2.16. The summed E-state index contributed by atoms with van der Waals surface area (Å²) in [7, 11) is 0. The van der Waals surface area contributed by atoms with Crippen molar-refractivity contribution in [1.82, 2.24) is 9.80 Å². The first-order valence-electron chi connectivity index (χ1n) is 8.55. The minimum atomic E-state index is -0.178. The third kappa shape index (κ3) is 5.57. The first-order chi connectivity index (χ1) is 12.2. The Hall–Kier alpha value is -1.87. The summed E-state index contributed by atoms with van der Waals surface area (Å²) in [4.78, 5) is 6.08. The fourth-order valence-electron chi connectivity index (χ4n) is 2.94. The van der Waals surface area contributed by atoms with Crippen LogP contribution in [0, 0.1) is 17.1 Å². The molecule has 0 N–H and O–H groups in total. The lowest BCUT2D eigenvalue weighted by atomic mass is 10.1. The van der Waals surface area contributed by atoms with Crippen LogP contribution in [0.3, 0.4) is 0 Å². The molecule has 1 saturated heterocycles. The Bertz CT molecular complexity index is 701. The molecule has 5 heteroatoms. The molecular formula is C20H22FN3S. The molecule has 0 spiro atoms. The largest absolute Gasteiger partial charge is 0.300 e. The van der Waals surface area contributed by atoms with Gasteiger partial charge in [0.2, 0.25) is 0 Å². The summed E-state index contributed by atoms with van der Waals surface area (Å²) in [6.07, 6.45) is 0. The molecule has 2 aromatic rings. The number of nitrogens with zero attached hydrogens (tertiary/aromatic N) is 3. The van der Waals surface area contributed by atoms with Gasteiger partial charge in [-0.3, -0.25) is 9.80 Å². The van der Waals surface area contributed by atoms with Gasteiger partial charge < -0.3 is 0 Å². The van der Waals surface area contributed by atoms with Crippen LogP contribution in [0.25, 0.3) is 0 Å². The first-order valence-corrected chi connectivity index (χ1v) is 9.53. The standard InChI is InChI=1S/C20H22FN3S/c21-19-5-7-20(8-6-19)25-14-13-23-9-11-24(12-10-23)16-18-3-1-17(15-22)2-4-18/h1-8H,9-14,16H2. The third-order valence-corrected chi connectivity index (χ3v) is 5.44. The average molecular weight is 355 g/mol. The number of hydrogen-bond acceptors (Lipinski definition) is 4. The van der Waals surface area contributed by atoms with Crippen molar-refractivity contribution in [3.63, 3.8) is 0 Å². The van der Waals surface area contributed by atoms with Crippen LogP contribution in [0.1, 0.15) is 11.1 Å². The third-order valence-electron chi connectivity index (χ3n) is 4.44. The van der Waals surface area contributed by atoms with Gasteiger partial charge in [-0.25, -0.2) is 4.39 Å². The Morgan fingerprint density at radius 3 is 2.20 bits per heavy atom. The molecule has 0 atom stereocenters. The van der Waals surface area contributed by atoms with Crippen molar-refractivity contribution in [1.29, 1.82) is 5.26 Å². The lowest BCUT2D eigenvalue weighted by molar-refractivity contribution is 0.133. The second-order valence-corrected chi connectivity index (χ2v) is 7.40. The predicted molar refractivity (Wildman–Crippen MR) is 100.0 cm³/mol. The summed E-state index contributed by atoms with van der Waals surface area (Å²) in [6.45, 7) is 6.32. The molecule has 3 nitrogen and oxygen atoms in total. The summed E-state index contributed by atoms with van der Waals surface area (Å²) in [5.41, 5.74) is 1.98. The van der Waals surface area contributed by atoms with Crippen molar-refractivity contribution < 1.29 is 4.39 Å². The van der Waals surface area contributed by atoms with Gasteiger partial charge in [-0.1, -0.05) is 12.1 Å². The quantitative estimate of drug-likeness (QED) is 0.741. The van der Waals surface area contributed by atoms with Crippen molar-refractivity contribution in [3.05, 3.63) is 65.5 Å². The number of benzene rings is 2. The molecule has 1 aliphatic heterocycles. The zero-order chi connectivity index (χ0) is 17.5. The zero-order valence-corrected chi connectivity index (χ0v) is 15.0. The van der Waals surface area contributed by atoms with E-state index in [1.807, 2.05) is 36.4 Å². The Balaban J connectivity index is 1.36. The second kappa shape index (κ2) is 9.00. The molecule has 25 heavy (non-hydrogen) atoms. The van der Waals surface area contributed by atoms with E-state index >= 15 is 0 Å². The SMILES string of the molecule is N#Cc1ccc(CN2CCN(CCSc3ccc(F)cc3)CC2)cc1. The molecule has 0 amide bonds. The number of thioether (sulfide) groups is 1. The highest BCUT2D eigenvalue weighted by molar-refractivity contribution is 7.99. The molecule has 0 aliphatic carbocycles. The van der Waals surface area contributed by atoms with E-state index in [-0.39, 0.29) is 5.82 Å². The smallest absolute Gasteiger partial charge is 0.123 e. The minimum absolute atomic E-state index is 0.178. The molecular weight excluding hydrogens is 333 g/mol. The molecule has 1 aliphatic rings. The van der Waals surface area contributed by atoms with Crippen molar-refractivity contribution in [2.75, 3.05) is 38.5 Å². The summed E-state index contributed by atoms with van der Waals surface area (Å²) >= 11 is 1.78. The van der Waals surface area contributed by atoms with Gasteiger partial charge in [0.25, 0.3) is 0 Å². The van der Waals surface area contributed by atoms with Gasteiger partial charge in [0.15, 0.2) is 0 Å². The van der Waals surface area contributed by atoms with Gasteiger partial charge in [-0.2, -0.15) is 5.26 Å². The lowest BCUT2D eigenvalue weighted by Gasteiger charge is -2.34. The second-order valence-electron chi connectivity index (χ2n) is 6.23. The van der Waals surface area contributed by atoms with Crippen molar-refractivity contribution in [2.45, 2.75) is 11.4 Å². The molecule has 0 aromatic heterocycles. The Morgan fingerprint density at radius 1 is 0.920 bits per heavy atom. The molecule has 130 valence electrons. The normalized spacial score (nSPS) is 15.8. The van der Waals surface area contributed by atoms with Gasteiger partial charge in [0.1, 0.15) is 5.82 Å². The highest BCUT2D eigenvalue weighted by atomic mass is 32.2. The minimum Gasteiger partial charge on any atom is -0.300 e. The van der Waals surface area contributed by atoms with Crippen LogP contribution >= 0.6 is 11.8 Å². The molecule has 2 aromatic carbocycles. The van der Waals surface area contributed by atoms with Gasteiger partial charge in [-0.05, 0) is 42.0 Å². The van der Waals surface area contributed by atoms with Crippen LogP contribution in [0.5, 0.6) is 0 Å². The number of rotatable bonds is 6. The molecule has 0 saturated carbocycles. The van der Waals surface area contributed by atoms with Crippen molar-refractivity contribution in [2.24, 2.45) is 0 Å². The Morgan fingerprint density at radius 2 is 1.56 bits per heavy atom. The summed E-state index contributed by atoms with van der Waals surface area (Å²) in [5, 5.41) is 8.85. The maximum atomic E-state index is 12.9. The van der Waals surface area contributed by atoms with Gasteiger partial charge in [0, 0.05) is 49.9 Å². The Kier molecular flexibility index (Phi) is 6.46. The molecule has 0 radical (unpaired) electrons. The van der Waals surface area contributed by atoms with Crippen LogP contribution in [0.2, 0.25) is 0 Å². The monoisotopic (exact) mass is 355 g/mol. The first kappa shape index (κ1) is 17.9. The van der Waals surface area contributed by atoms with E-state index in [2.05, 4.69) is 15.9 Å². The topological polar surface area (TPSA) is 30.3 Å².